The van der Waals surface area contributed by atoms with E-state index in [-0.39, 0.29) is 0 Å². The third-order valence-electron chi connectivity index (χ3n) is 3.62. The van der Waals surface area contributed by atoms with Gasteiger partial charge in [0.15, 0.2) is 5.96 Å². The number of hydrogen-bond acceptors (Lipinski definition) is 5. The predicted octanol–water partition coefficient (Wildman–Crippen LogP) is 1.56. The average molecular weight is 326 g/mol. The average Bonchev–Trinajstić information content (AvgIpc) is 3.17. The van der Waals surface area contributed by atoms with E-state index < -0.39 is 0 Å². The second kappa shape index (κ2) is 9.76. The molecule has 0 saturated carbocycles. The minimum atomic E-state index is 0.588. The Kier molecular flexibility index (Phi) is 7.62. The summed E-state index contributed by atoms with van der Waals surface area (Å²) in [7, 11) is 1.78. The Labute approximate surface area is 136 Å². The van der Waals surface area contributed by atoms with Gasteiger partial charge in [-0.25, -0.2) is 4.98 Å². The summed E-state index contributed by atoms with van der Waals surface area (Å²) in [4.78, 5) is 9.70. The van der Waals surface area contributed by atoms with Gasteiger partial charge in [-0.3, -0.25) is 4.99 Å². The fourth-order valence-electron chi connectivity index (χ4n) is 2.23. The summed E-state index contributed by atoms with van der Waals surface area (Å²) in [6.45, 7) is 6.96. The molecule has 2 rings (SSSR count). The molecule has 124 valence electrons. The van der Waals surface area contributed by atoms with Crippen molar-refractivity contribution >= 4 is 17.3 Å². The molecule has 0 aromatic carbocycles. The van der Waals surface area contributed by atoms with Gasteiger partial charge in [-0.05, 0) is 19.8 Å². The molecule has 1 aliphatic heterocycles. The summed E-state index contributed by atoms with van der Waals surface area (Å²) in [5.41, 5.74) is 2.95. The first-order valence-corrected chi connectivity index (χ1v) is 8.66. The molecule has 1 aliphatic rings. The first-order chi connectivity index (χ1) is 10.8. The minimum absolute atomic E-state index is 0.588. The van der Waals surface area contributed by atoms with Crippen LogP contribution >= 0.6 is 11.3 Å². The molecule has 22 heavy (non-hydrogen) atoms. The lowest BCUT2D eigenvalue weighted by Gasteiger charge is -2.12. The number of guanidine groups is 1. The van der Waals surface area contributed by atoms with Crippen LogP contribution in [-0.2, 0) is 16.0 Å². The summed E-state index contributed by atoms with van der Waals surface area (Å²) >= 11 is 1.66. The Morgan fingerprint density at radius 2 is 2.45 bits per heavy atom. The van der Waals surface area contributed by atoms with Crippen LogP contribution in [0.25, 0.3) is 0 Å². The maximum Gasteiger partial charge on any atom is 0.191 e. The van der Waals surface area contributed by atoms with E-state index in [1.807, 2.05) is 12.4 Å². The van der Waals surface area contributed by atoms with Crippen LogP contribution < -0.4 is 10.6 Å². The van der Waals surface area contributed by atoms with Gasteiger partial charge in [0.25, 0.3) is 0 Å². The molecule has 0 amide bonds. The van der Waals surface area contributed by atoms with Gasteiger partial charge in [0, 0.05) is 37.6 Å². The Morgan fingerprint density at radius 3 is 3.14 bits per heavy atom. The van der Waals surface area contributed by atoms with E-state index in [4.69, 9.17) is 9.47 Å². The molecule has 0 spiro atoms. The van der Waals surface area contributed by atoms with Crippen LogP contribution in [0.3, 0.4) is 0 Å². The second-order valence-electron chi connectivity index (χ2n) is 5.37. The van der Waals surface area contributed by atoms with E-state index in [1.54, 1.807) is 18.4 Å². The molecular weight excluding hydrogens is 300 g/mol. The van der Waals surface area contributed by atoms with Gasteiger partial charge in [-0.2, -0.15) is 0 Å². The number of nitrogens with one attached hydrogen (secondary N) is 2. The zero-order valence-corrected chi connectivity index (χ0v) is 14.2. The Bertz CT molecular complexity index is 458. The SMILES string of the molecule is CN=C(NCCCOCC1CCOC1)NCc1scnc1C. The number of hydrogen-bond donors (Lipinski definition) is 2. The van der Waals surface area contributed by atoms with E-state index in [2.05, 4.69) is 20.6 Å². The molecule has 1 aromatic heterocycles. The van der Waals surface area contributed by atoms with E-state index in [0.717, 1.165) is 64.0 Å². The number of rotatable bonds is 8. The van der Waals surface area contributed by atoms with Gasteiger partial charge in [0.05, 0.1) is 31.0 Å². The lowest BCUT2D eigenvalue weighted by molar-refractivity contribution is 0.0888. The third-order valence-corrected chi connectivity index (χ3v) is 4.56. The van der Waals surface area contributed by atoms with Crippen LogP contribution in [-0.4, -0.2) is 51.0 Å². The summed E-state index contributed by atoms with van der Waals surface area (Å²) < 4.78 is 11.0. The zero-order valence-electron chi connectivity index (χ0n) is 13.4. The molecule has 1 saturated heterocycles. The van der Waals surface area contributed by atoms with Gasteiger partial charge >= 0.3 is 0 Å². The first kappa shape index (κ1) is 17.2. The van der Waals surface area contributed by atoms with Crippen molar-refractivity contribution in [1.29, 1.82) is 0 Å². The highest BCUT2D eigenvalue weighted by atomic mass is 32.1. The fraction of sp³-hybridized carbons (Fsp3) is 0.733. The maximum absolute atomic E-state index is 5.68. The van der Waals surface area contributed by atoms with Crippen molar-refractivity contribution in [3.05, 3.63) is 16.1 Å². The highest BCUT2D eigenvalue weighted by Gasteiger charge is 2.15. The largest absolute Gasteiger partial charge is 0.381 e. The van der Waals surface area contributed by atoms with Crippen molar-refractivity contribution in [3.8, 4) is 0 Å². The maximum atomic E-state index is 5.68. The fourth-order valence-corrected chi connectivity index (χ4v) is 2.94. The molecule has 1 unspecified atom stereocenters. The van der Waals surface area contributed by atoms with Crippen LogP contribution in [0, 0.1) is 12.8 Å². The normalized spacial score (nSPS) is 18.6. The molecule has 2 heterocycles. The number of nitrogens with zero attached hydrogens (tertiary/aromatic N) is 2. The quantitative estimate of drug-likeness (QED) is 0.431. The van der Waals surface area contributed by atoms with E-state index >= 15 is 0 Å². The Balaban J connectivity index is 1.51. The summed E-state index contributed by atoms with van der Waals surface area (Å²) in [6.07, 6.45) is 2.10. The number of aromatic nitrogens is 1. The predicted molar refractivity (Wildman–Crippen MR) is 89.4 cm³/mol. The smallest absolute Gasteiger partial charge is 0.191 e. The van der Waals surface area contributed by atoms with Crippen LogP contribution in [0.1, 0.15) is 23.4 Å². The molecule has 6 nitrogen and oxygen atoms in total. The lowest BCUT2D eigenvalue weighted by atomic mass is 10.1. The zero-order chi connectivity index (χ0) is 15.6. The minimum Gasteiger partial charge on any atom is -0.381 e. The molecule has 1 atom stereocenters. The number of aliphatic imine (C=N–C) groups is 1. The molecule has 2 N–H and O–H groups in total. The van der Waals surface area contributed by atoms with Gasteiger partial charge in [-0.1, -0.05) is 0 Å². The number of ether oxygens (including phenoxy) is 2. The highest BCUT2D eigenvalue weighted by Crippen LogP contribution is 2.12. The van der Waals surface area contributed by atoms with E-state index in [1.165, 1.54) is 4.88 Å². The molecule has 1 aromatic rings. The standard InChI is InChI=1S/C15H26N4O2S/c1-12-14(22-11-19-12)8-18-15(16-2)17-5-3-6-20-9-13-4-7-21-10-13/h11,13H,3-10H2,1-2H3,(H2,16,17,18). The van der Waals surface area contributed by atoms with Crippen molar-refractivity contribution in [1.82, 2.24) is 15.6 Å². The van der Waals surface area contributed by atoms with Crippen LogP contribution in [0.4, 0.5) is 0 Å². The van der Waals surface area contributed by atoms with E-state index in [0.29, 0.717) is 5.92 Å². The van der Waals surface area contributed by atoms with Crippen molar-refractivity contribution in [2.45, 2.75) is 26.3 Å². The van der Waals surface area contributed by atoms with Crippen molar-refractivity contribution in [2.75, 3.05) is 40.0 Å². The van der Waals surface area contributed by atoms with Crippen molar-refractivity contribution in [3.63, 3.8) is 0 Å². The molecule has 0 bridgehead atoms. The monoisotopic (exact) mass is 326 g/mol. The topological polar surface area (TPSA) is 67.8 Å². The van der Waals surface area contributed by atoms with Crippen LogP contribution in [0.2, 0.25) is 0 Å². The van der Waals surface area contributed by atoms with Crippen LogP contribution in [0.15, 0.2) is 10.5 Å². The molecular formula is C15H26N4O2S. The number of aryl methyl sites for hydroxylation is 1. The molecule has 0 aliphatic carbocycles. The Hall–Kier alpha value is -1.18. The molecule has 1 fully saturated rings. The summed E-state index contributed by atoms with van der Waals surface area (Å²) in [5.74, 6) is 1.40. The van der Waals surface area contributed by atoms with Gasteiger partial charge in [0.1, 0.15) is 0 Å². The highest BCUT2D eigenvalue weighted by molar-refractivity contribution is 7.09. The summed E-state index contributed by atoms with van der Waals surface area (Å²) in [6, 6.07) is 0. The van der Waals surface area contributed by atoms with E-state index in [9.17, 15) is 0 Å². The summed E-state index contributed by atoms with van der Waals surface area (Å²) in [5, 5.41) is 6.60. The molecule has 0 radical (unpaired) electrons. The van der Waals surface area contributed by atoms with Gasteiger partial charge in [0.2, 0.25) is 0 Å². The number of thiazole rings is 1. The first-order valence-electron chi connectivity index (χ1n) is 7.78. The van der Waals surface area contributed by atoms with Gasteiger partial charge < -0.3 is 20.1 Å². The Morgan fingerprint density at radius 1 is 1.55 bits per heavy atom. The lowest BCUT2D eigenvalue weighted by Crippen LogP contribution is -2.37. The van der Waals surface area contributed by atoms with Gasteiger partial charge in [-0.15, -0.1) is 11.3 Å². The molecule has 7 heteroatoms. The van der Waals surface area contributed by atoms with Crippen molar-refractivity contribution in [2.24, 2.45) is 10.9 Å². The second-order valence-corrected chi connectivity index (χ2v) is 6.31. The van der Waals surface area contributed by atoms with Crippen LogP contribution in [0.5, 0.6) is 0 Å². The van der Waals surface area contributed by atoms with Crippen molar-refractivity contribution < 1.29 is 9.47 Å². The third kappa shape index (κ3) is 5.90.